The minimum Gasteiger partial charge on any atom is -0.348 e. The Morgan fingerprint density at radius 3 is 2.42 bits per heavy atom. The molecule has 4 nitrogen and oxygen atoms in total. The number of alkyl halides is 3. The molecule has 2 N–H and O–H groups in total. The summed E-state index contributed by atoms with van der Waals surface area (Å²) in [5.74, 6) is -3.66. The fourth-order valence-corrected chi connectivity index (χ4v) is 2.35. The highest BCUT2D eigenvalue weighted by Gasteiger charge is 2.35. The summed E-state index contributed by atoms with van der Waals surface area (Å²) in [7, 11) is 0. The van der Waals surface area contributed by atoms with E-state index in [1.807, 2.05) is 6.92 Å². The maximum absolute atomic E-state index is 13.8. The lowest BCUT2D eigenvalue weighted by atomic mass is 10.1. The SMILES string of the molecule is CCCc1cc(C(=O)NCc2cc(F)c(C(F)(F)F)cc2F)cc(=O)[nH]1. The van der Waals surface area contributed by atoms with E-state index in [9.17, 15) is 31.5 Å². The van der Waals surface area contributed by atoms with Crippen LogP contribution in [0.25, 0.3) is 0 Å². The van der Waals surface area contributed by atoms with Crippen molar-refractivity contribution in [3.05, 3.63) is 68.6 Å². The number of carbonyl (C=O) groups excluding carboxylic acids is 1. The number of hydrogen-bond acceptors (Lipinski definition) is 2. The van der Waals surface area contributed by atoms with Gasteiger partial charge in [0.25, 0.3) is 5.91 Å². The van der Waals surface area contributed by atoms with Crippen molar-refractivity contribution in [3.8, 4) is 0 Å². The summed E-state index contributed by atoms with van der Waals surface area (Å²) < 4.78 is 64.9. The summed E-state index contributed by atoms with van der Waals surface area (Å²) in [5.41, 5.74) is -2.10. The minimum atomic E-state index is -5.02. The quantitative estimate of drug-likeness (QED) is 0.787. The highest BCUT2D eigenvalue weighted by Crippen LogP contribution is 2.32. The molecule has 1 amide bonds. The van der Waals surface area contributed by atoms with Crippen LogP contribution >= 0.6 is 0 Å². The molecule has 0 aliphatic heterocycles. The van der Waals surface area contributed by atoms with Crippen molar-refractivity contribution in [2.75, 3.05) is 0 Å². The molecule has 1 aromatic heterocycles. The number of nitrogens with one attached hydrogen (secondary N) is 2. The second-order valence-corrected chi connectivity index (χ2v) is 5.61. The summed E-state index contributed by atoms with van der Waals surface area (Å²) in [5, 5.41) is 2.26. The van der Waals surface area contributed by atoms with Crippen LogP contribution in [0.3, 0.4) is 0 Å². The van der Waals surface area contributed by atoms with Crippen molar-refractivity contribution >= 4 is 5.91 Å². The largest absolute Gasteiger partial charge is 0.419 e. The van der Waals surface area contributed by atoms with E-state index in [1.54, 1.807) is 0 Å². The third-order valence-electron chi connectivity index (χ3n) is 3.56. The predicted octanol–water partition coefficient (Wildman–Crippen LogP) is 3.55. The molecule has 0 spiro atoms. The summed E-state index contributed by atoms with van der Waals surface area (Å²) >= 11 is 0. The molecule has 0 radical (unpaired) electrons. The van der Waals surface area contributed by atoms with Gasteiger partial charge in [0.15, 0.2) is 0 Å². The third-order valence-corrected chi connectivity index (χ3v) is 3.56. The van der Waals surface area contributed by atoms with E-state index in [-0.39, 0.29) is 11.6 Å². The molecule has 0 bridgehead atoms. The summed E-state index contributed by atoms with van der Waals surface area (Å²) in [6.45, 7) is 1.35. The molecule has 1 heterocycles. The normalized spacial score (nSPS) is 11.5. The standard InChI is InChI=1S/C17H15F5N2O2/c1-2-3-11-4-9(6-15(25)24-11)16(26)23-8-10-5-14(19)12(7-13(10)18)17(20,21)22/h4-7H,2-3,8H2,1H3,(H,23,26)(H,24,25). The van der Waals surface area contributed by atoms with Crippen LogP contribution in [0.5, 0.6) is 0 Å². The molecule has 0 unspecified atom stereocenters. The fraction of sp³-hybridized carbons (Fsp3) is 0.294. The number of H-pyrrole nitrogens is 1. The van der Waals surface area contributed by atoms with Crippen molar-refractivity contribution in [3.63, 3.8) is 0 Å². The molecule has 0 atom stereocenters. The van der Waals surface area contributed by atoms with Crippen LogP contribution in [-0.2, 0) is 19.1 Å². The van der Waals surface area contributed by atoms with Gasteiger partial charge in [-0.15, -0.1) is 0 Å². The second-order valence-electron chi connectivity index (χ2n) is 5.61. The van der Waals surface area contributed by atoms with Crippen LogP contribution in [0.2, 0.25) is 0 Å². The fourth-order valence-electron chi connectivity index (χ4n) is 2.35. The predicted molar refractivity (Wildman–Crippen MR) is 83.6 cm³/mol. The van der Waals surface area contributed by atoms with Gasteiger partial charge in [-0.25, -0.2) is 8.78 Å². The number of benzene rings is 1. The van der Waals surface area contributed by atoms with Crippen LogP contribution in [0, 0.1) is 11.6 Å². The first kappa shape index (κ1) is 19.6. The molecule has 2 aromatic rings. The Kier molecular flexibility index (Phi) is 5.79. The Labute approximate surface area is 145 Å². The summed E-state index contributed by atoms with van der Waals surface area (Å²) in [6.07, 6.45) is -3.75. The number of rotatable bonds is 5. The maximum atomic E-state index is 13.8. The molecule has 26 heavy (non-hydrogen) atoms. The van der Waals surface area contributed by atoms with E-state index in [2.05, 4.69) is 10.3 Å². The van der Waals surface area contributed by atoms with Crippen LogP contribution in [0.1, 0.15) is 40.5 Å². The van der Waals surface area contributed by atoms with Crippen molar-refractivity contribution in [1.82, 2.24) is 10.3 Å². The number of hydrogen-bond donors (Lipinski definition) is 2. The van der Waals surface area contributed by atoms with Gasteiger partial charge in [-0.1, -0.05) is 13.3 Å². The summed E-state index contributed by atoms with van der Waals surface area (Å²) in [4.78, 5) is 26.2. The number of pyridine rings is 1. The molecule has 9 heteroatoms. The highest BCUT2D eigenvalue weighted by atomic mass is 19.4. The molecule has 0 aliphatic carbocycles. The van der Waals surface area contributed by atoms with Crippen molar-refractivity contribution in [1.29, 1.82) is 0 Å². The molecular weight excluding hydrogens is 359 g/mol. The van der Waals surface area contributed by atoms with Crippen molar-refractivity contribution < 1.29 is 26.7 Å². The molecule has 140 valence electrons. The van der Waals surface area contributed by atoms with E-state index >= 15 is 0 Å². The smallest absolute Gasteiger partial charge is 0.348 e. The Hall–Kier alpha value is -2.71. The van der Waals surface area contributed by atoms with Gasteiger partial charge >= 0.3 is 6.18 Å². The van der Waals surface area contributed by atoms with Gasteiger partial charge in [-0.3, -0.25) is 9.59 Å². The van der Waals surface area contributed by atoms with E-state index in [1.165, 1.54) is 6.07 Å². The lowest BCUT2D eigenvalue weighted by Gasteiger charge is -2.11. The van der Waals surface area contributed by atoms with Gasteiger partial charge in [0.2, 0.25) is 5.56 Å². The van der Waals surface area contributed by atoms with Crippen LogP contribution < -0.4 is 10.9 Å². The first-order valence-corrected chi connectivity index (χ1v) is 7.68. The topological polar surface area (TPSA) is 62.0 Å². The van der Waals surface area contributed by atoms with Gasteiger partial charge in [0, 0.05) is 29.4 Å². The molecule has 0 fully saturated rings. The zero-order valence-corrected chi connectivity index (χ0v) is 13.6. The van der Waals surface area contributed by atoms with Gasteiger partial charge < -0.3 is 10.3 Å². The van der Waals surface area contributed by atoms with Crippen molar-refractivity contribution in [2.45, 2.75) is 32.5 Å². The number of carbonyl (C=O) groups is 1. The van der Waals surface area contributed by atoms with E-state index in [0.717, 1.165) is 12.5 Å². The van der Waals surface area contributed by atoms with Crippen LogP contribution in [0.15, 0.2) is 29.1 Å². The van der Waals surface area contributed by atoms with Crippen LogP contribution in [-0.4, -0.2) is 10.9 Å². The Bertz CT molecular complexity index is 874. The average molecular weight is 374 g/mol. The molecule has 1 aromatic carbocycles. The summed E-state index contributed by atoms with van der Waals surface area (Å²) in [6, 6.07) is 2.92. The molecule has 0 aliphatic rings. The molecule has 2 rings (SSSR count). The first-order chi connectivity index (χ1) is 12.1. The molecular formula is C17H15F5N2O2. The second kappa shape index (κ2) is 7.67. The first-order valence-electron chi connectivity index (χ1n) is 7.68. The van der Waals surface area contributed by atoms with E-state index < -0.39 is 46.9 Å². The van der Waals surface area contributed by atoms with Gasteiger partial charge in [-0.2, -0.15) is 13.2 Å². The monoisotopic (exact) mass is 374 g/mol. The lowest BCUT2D eigenvalue weighted by molar-refractivity contribution is -0.140. The van der Waals surface area contributed by atoms with Crippen molar-refractivity contribution in [2.24, 2.45) is 0 Å². The van der Waals surface area contributed by atoms with Gasteiger partial charge in [0.1, 0.15) is 11.6 Å². The average Bonchev–Trinajstić information content (AvgIpc) is 2.53. The number of halogens is 5. The minimum absolute atomic E-state index is 0.0185. The molecule has 0 saturated carbocycles. The van der Waals surface area contributed by atoms with E-state index in [4.69, 9.17) is 0 Å². The number of aromatic nitrogens is 1. The van der Waals surface area contributed by atoms with Gasteiger partial charge in [-0.05, 0) is 24.6 Å². The lowest BCUT2D eigenvalue weighted by Crippen LogP contribution is -2.25. The highest BCUT2D eigenvalue weighted by molar-refractivity contribution is 5.94. The zero-order chi connectivity index (χ0) is 19.5. The third kappa shape index (κ3) is 4.68. The molecule has 0 saturated heterocycles. The number of aromatic amines is 1. The number of amides is 1. The number of aryl methyl sites for hydroxylation is 1. The zero-order valence-electron chi connectivity index (χ0n) is 13.6. The van der Waals surface area contributed by atoms with Crippen LogP contribution in [0.4, 0.5) is 22.0 Å². The Balaban J connectivity index is 2.18. The maximum Gasteiger partial charge on any atom is 0.419 e. The Morgan fingerprint density at radius 2 is 1.81 bits per heavy atom. The van der Waals surface area contributed by atoms with E-state index in [0.29, 0.717) is 18.2 Å². The Morgan fingerprint density at radius 1 is 1.12 bits per heavy atom. The van der Waals surface area contributed by atoms with Gasteiger partial charge in [0.05, 0.1) is 5.56 Å².